The Hall–Kier alpha value is -2.80. The third kappa shape index (κ3) is 4.68. The lowest BCUT2D eigenvalue weighted by Gasteiger charge is -2.22. The molecule has 1 aromatic heterocycles. The predicted molar refractivity (Wildman–Crippen MR) is 108 cm³/mol. The van der Waals surface area contributed by atoms with Gasteiger partial charge in [-0.1, -0.05) is 30.3 Å². The van der Waals surface area contributed by atoms with Crippen LogP contribution in [0, 0.1) is 6.92 Å². The quantitative estimate of drug-likeness (QED) is 0.656. The van der Waals surface area contributed by atoms with Crippen LogP contribution in [0.2, 0.25) is 0 Å². The van der Waals surface area contributed by atoms with Gasteiger partial charge in [0.15, 0.2) is 0 Å². The largest absolute Gasteiger partial charge is 0.361 e. The highest BCUT2D eigenvalue weighted by Crippen LogP contribution is 2.19. The molecule has 0 radical (unpaired) electrons. The fourth-order valence-corrected chi connectivity index (χ4v) is 3.89. The minimum atomic E-state index is -3.56. The lowest BCUT2D eigenvalue weighted by molar-refractivity contribution is -0.119. The van der Waals surface area contributed by atoms with Gasteiger partial charge in [-0.2, -0.15) is 0 Å². The molecule has 1 amide bonds. The Labute approximate surface area is 159 Å². The second-order valence-corrected chi connectivity index (χ2v) is 8.47. The number of hydrogen-bond donors (Lipinski definition) is 2. The summed E-state index contributed by atoms with van der Waals surface area (Å²) in [6.07, 6.45) is 3.71. The molecule has 0 saturated carbocycles. The van der Waals surface area contributed by atoms with Gasteiger partial charge >= 0.3 is 0 Å². The normalized spacial score (nSPS) is 11.5. The fourth-order valence-electron chi connectivity index (χ4n) is 3.04. The fraction of sp³-hybridized carbons (Fsp3) is 0.250. The molecule has 142 valence electrons. The lowest BCUT2D eigenvalue weighted by Crippen LogP contribution is -2.41. The van der Waals surface area contributed by atoms with E-state index in [1.807, 2.05) is 43.5 Å². The van der Waals surface area contributed by atoms with Crippen molar-refractivity contribution in [1.82, 2.24) is 10.3 Å². The van der Waals surface area contributed by atoms with Crippen molar-refractivity contribution in [3.8, 4) is 0 Å². The second kappa shape index (κ2) is 7.84. The number of sulfonamides is 1. The molecule has 0 bridgehead atoms. The summed E-state index contributed by atoms with van der Waals surface area (Å²) in [5.41, 5.74) is 3.59. The van der Waals surface area contributed by atoms with Gasteiger partial charge in [0.2, 0.25) is 15.9 Å². The number of fused-ring (bicyclic) bond motifs is 1. The summed E-state index contributed by atoms with van der Waals surface area (Å²) in [6, 6.07) is 15.1. The number of carbonyl (C=O) groups excluding carboxylic acids is 1. The number of anilines is 1. The molecule has 7 heteroatoms. The maximum absolute atomic E-state index is 12.3. The van der Waals surface area contributed by atoms with Gasteiger partial charge in [-0.05, 0) is 42.7 Å². The molecule has 0 spiro atoms. The van der Waals surface area contributed by atoms with Gasteiger partial charge in [0.1, 0.15) is 6.54 Å². The summed E-state index contributed by atoms with van der Waals surface area (Å²) in [4.78, 5) is 15.5. The van der Waals surface area contributed by atoms with Gasteiger partial charge in [0, 0.05) is 23.6 Å². The van der Waals surface area contributed by atoms with Gasteiger partial charge in [0.25, 0.3) is 0 Å². The van der Waals surface area contributed by atoms with Gasteiger partial charge in [0.05, 0.1) is 11.9 Å². The van der Waals surface area contributed by atoms with E-state index in [1.165, 1.54) is 0 Å². The lowest BCUT2D eigenvalue weighted by atomic mass is 10.1. The van der Waals surface area contributed by atoms with Crippen LogP contribution in [0.1, 0.15) is 11.1 Å². The standard InChI is InChI=1S/C20H23N3O3S/c1-15-6-5-7-17(12-15)23(27(2,25)26)14-20(24)21-11-10-16-13-22-19-9-4-3-8-18(16)19/h3-9,12-13,22H,10-11,14H2,1-2H3,(H,21,24). The van der Waals surface area contributed by atoms with Crippen molar-refractivity contribution in [2.45, 2.75) is 13.3 Å². The Bertz CT molecular complexity index is 1060. The minimum Gasteiger partial charge on any atom is -0.361 e. The number of aromatic nitrogens is 1. The van der Waals surface area contributed by atoms with E-state index in [4.69, 9.17) is 0 Å². The zero-order valence-corrected chi connectivity index (χ0v) is 16.2. The van der Waals surface area contributed by atoms with E-state index in [9.17, 15) is 13.2 Å². The Morgan fingerprint density at radius 2 is 1.93 bits per heavy atom. The molecule has 3 rings (SSSR count). The molecule has 27 heavy (non-hydrogen) atoms. The maximum atomic E-state index is 12.3. The number of carbonyl (C=O) groups is 1. The monoisotopic (exact) mass is 385 g/mol. The van der Waals surface area contributed by atoms with Gasteiger partial charge in [-0.3, -0.25) is 9.10 Å². The second-order valence-electron chi connectivity index (χ2n) is 6.57. The topological polar surface area (TPSA) is 82.3 Å². The number of hydrogen-bond acceptors (Lipinski definition) is 3. The van der Waals surface area contributed by atoms with Crippen LogP contribution in [0.25, 0.3) is 10.9 Å². The van der Waals surface area contributed by atoms with Crippen LogP contribution in [0.15, 0.2) is 54.7 Å². The van der Waals surface area contributed by atoms with E-state index in [0.717, 1.165) is 32.6 Å². The van der Waals surface area contributed by atoms with Crippen LogP contribution in [-0.2, 0) is 21.2 Å². The van der Waals surface area contributed by atoms with Crippen LogP contribution >= 0.6 is 0 Å². The zero-order chi connectivity index (χ0) is 19.4. The van der Waals surface area contributed by atoms with Crippen molar-refractivity contribution >= 4 is 32.5 Å². The van der Waals surface area contributed by atoms with E-state index in [0.29, 0.717) is 18.7 Å². The number of rotatable bonds is 7. The van der Waals surface area contributed by atoms with Gasteiger partial charge < -0.3 is 10.3 Å². The number of nitrogens with zero attached hydrogens (tertiary/aromatic N) is 1. The highest BCUT2D eigenvalue weighted by Gasteiger charge is 2.20. The SMILES string of the molecule is Cc1cccc(N(CC(=O)NCCc2c[nH]c3ccccc23)S(C)(=O)=O)c1. The Morgan fingerprint density at radius 1 is 1.15 bits per heavy atom. The van der Waals surface area contributed by atoms with Crippen LogP contribution in [0.4, 0.5) is 5.69 Å². The molecule has 1 heterocycles. The van der Waals surface area contributed by atoms with Crippen molar-refractivity contribution in [3.05, 3.63) is 65.9 Å². The number of nitrogens with one attached hydrogen (secondary N) is 2. The van der Waals surface area contributed by atoms with Crippen molar-refractivity contribution in [2.75, 3.05) is 23.7 Å². The summed E-state index contributed by atoms with van der Waals surface area (Å²) in [7, 11) is -3.56. The summed E-state index contributed by atoms with van der Waals surface area (Å²) < 4.78 is 25.4. The van der Waals surface area contributed by atoms with E-state index >= 15 is 0 Å². The number of aryl methyl sites for hydroxylation is 1. The maximum Gasteiger partial charge on any atom is 0.240 e. The number of H-pyrrole nitrogens is 1. The van der Waals surface area contributed by atoms with Crippen molar-refractivity contribution in [3.63, 3.8) is 0 Å². The molecule has 0 unspecified atom stereocenters. The molecule has 2 aromatic carbocycles. The average molecular weight is 385 g/mol. The first-order valence-electron chi connectivity index (χ1n) is 8.70. The van der Waals surface area contributed by atoms with Crippen LogP contribution < -0.4 is 9.62 Å². The number of amides is 1. The summed E-state index contributed by atoms with van der Waals surface area (Å²) in [6.45, 7) is 2.08. The number of aromatic amines is 1. The first-order chi connectivity index (χ1) is 12.8. The molecular weight excluding hydrogens is 362 g/mol. The van der Waals surface area contributed by atoms with Crippen molar-refractivity contribution in [2.24, 2.45) is 0 Å². The van der Waals surface area contributed by atoms with Crippen LogP contribution in [0.5, 0.6) is 0 Å². The van der Waals surface area contributed by atoms with E-state index in [-0.39, 0.29) is 12.5 Å². The highest BCUT2D eigenvalue weighted by molar-refractivity contribution is 7.92. The minimum absolute atomic E-state index is 0.240. The van der Waals surface area contributed by atoms with Crippen molar-refractivity contribution in [1.29, 1.82) is 0 Å². The van der Waals surface area contributed by atoms with Crippen LogP contribution in [0.3, 0.4) is 0 Å². The van der Waals surface area contributed by atoms with Crippen LogP contribution in [-0.4, -0.2) is 38.7 Å². The zero-order valence-electron chi connectivity index (χ0n) is 15.4. The summed E-state index contributed by atoms with van der Waals surface area (Å²) in [5, 5.41) is 3.94. The average Bonchev–Trinajstić information content (AvgIpc) is 3.02. The summed E-state index contributed by atoms with van der Waals surface area (Å²) >= 11 is 0. The molecule has 0 aliphatic heterocycles. The molecule has 0 fully saturated rings. The number of benzene rings is 2. The predicted octanol–water partition coefficient (Wildman–Crippen LogP) is 2.60. The summed E-state index contributed by atoms with van der Waals surface area (Å²) in [5.74, 6) is -0.332. The van der Waals surface area contributed by atoms with Gasteiger partial charge in [-0.15, -0.1) is 0 Å². The molecule has 0 saturated heterocycles. The Kier molecular flexibility index (Phi) is 5.51. The third-order valence-corrected chi connectivity index (χ3v) is 5.51. The first kappa shape index (κ1) is 19.0. The molecule has 0 atom stereocenters. The molecule has 0 aliphatic rings. The molecule has 2 N–H and O–H groups in total. The Morgan fingerprint density at radius 3 is 2.67 bits per heavy atom. The van der Waals surface area contributed by atoms with Crippen molar-refractivity contribution < 1.29 is 13.2 Å². The third-order valence-electron chi connectivity index (χ3n) is 4.37. The number of para-hydroxylation sites is 1. The molecule has 0 aliphatic carbocycles. The smallest absolute Gasteiger partial charge is 0.240 e. The molecule has 6 nitrogen and oxygen atoms in total. The van der Waals surface area contributed by atoms with Gasteiger partial charge in [-0.25, -0.2) is 8.42 Å². The van der Waals surface area contributed by atoms with E-state index < -0.39 is 10.0 Å². The van der Waals surface area contributed by atoms with E-state index in [1.54, 1.807) is 18.2 Å². The first-order valence-corrected chi connectivity index (χ1v) is 10.6. The Balaban J connectivity index is 1.63. The molecular formula is C20H23N3O3S. The highest BCUT2D eigenvalue weighted by atomic mass is 32.2. The molecule has 3 aromatic rings. The van der Waals surface area contributed by atoms with E-state index in [2.05, 4.69) is 10.3 Å².